The van der Waals surface area contributed by atoms with E-state index in [4.69, 9.17) is 5.73 Å². The van der Waals surface area contributed by atoms with Gasteiger partial charge in [0, 0.05) is 26.2 Å². The smallest absolute Gasteiger partial charge is 0.312 e. The number of piperidine rings is 1. The first kappa shape index (κ1) is 14.6. The number of rotatable bonds is 3. The minimum Gasteiger partial charge on any atom is -0.353 e. The molecule has 0 aromatic rings. The minimum atomic E-state index is -0.537. The Balaban J connectivity index is 1.83. The molecule has 4 amide bonds. The van der Waals surface area contributed by atoms with Gasteiger partial charge >= 0.3 is 6.03 Å². The number of hydrogen-bond acceptors (Lipinski definition) is 4. The van der Waals surface area contributed by atoms with Crippen LogP contribution in [0.5, 0.6) is 0 Å². The summed E-state index contributed by atoms with van der Waals surface area (Å²) in [6.45, 7) is 2.34. The summed E-state index contributed by atoms with van der Waals surface area (Å²) in [5.41, 5.74) is 5.05. The second-order valence-electron chi connectivity index (χ2n) is 5.28. The molecule has 5 N–H and O–H groups in total. The summed E-state index contributed by atoms with van der Waals surface area (Å²) in [6.07, 6.45) is 1.88. The van der Waals surface area contributed by atoms with Crippen molar-refractivity contribution in [1.82, 2.24) is 20.9 Å². The molecule has 20 heavy (non-hydrogen) atoms. The second kappa shape index (κ2) is 6.56. The molecule has 2 aliphatic heterocycles. The normalized spacial score (nSPS) is 26.8. The molecule has 8 heteroatoms. The quantitative estimate of drug-likeness (QED) is 0.478. The number of nitrogens with one attached hydrogen (secondary N) is 3. The van der Waals surface area contributed by atoms with Crippen molar-refractivity contribution in [3.63, 3.8) is 0 Å². The van der Waals surface area contributed by atoms with Crippen molar-refractivity contribution in [3.8, 4) is 0 Å². The first-order chi connectivity index (χ1) is 9.56. The first-order valence-electron chi connectivity index (χ1n) is 6.88. The van der Waals surface area contributed by atoms with E-state index in [0.717, 1.165) is 19.4 Å². The summed E-state index contributed by atoms with van der Waals surface area (Å²) in [4.78, 5) is 35.9. The third kappa shape index (κ3) is 3.83. The maximum atomic E-state index is 12.3. The molecular formula is C12H21N5O3. The van der Waals surface area contributed by atoms with Crippen LogP contribution in [0.2, 0.25) is 0 Å². The number of carbonyl (C=O) groups is 3. The first-order valence-corrected chi connectivity index (χ1v) is 6.88. The molecule has 112 valence electrons. The van der Waals surface area contributed by atoms with Gasteiger partial charge in [-0.25, -0.2) is 4.79 Å². The molecule has 2 rings (SSSR count). The van der Waals surface area contributed by atoms with E-state index in [9.17, 15) is 14.4 Å². The minimum absolute atomic E-state index is 0.00813. The van der Waals surface area contributed by atoms with Crippen LogP contribution in [-0.2, 0) is 9.59 Å². The zero-order chi connectivity index (χ0) is 14.5. The average Bonchev–Trinajstić information content (AvgIpc) is 2.45. The summed E-state index contributed by atoms with van der Waals surface area (Å²) in [5.74, 6) is 0.156. The van der Waals surface area contributed by atoms with Crippen molar-refractivity contribution < 1.29 is 14.4 Å². The van der Waals surface area contributed by atoms with Crippen LogP contribution in [0.25, 0.3) is 0 Å². The lowest BCUT2D eigenvalue weighted by atomic mass is 9.97. The fourth-order valence-corrected chi connectivity index (χ4v) is 2.64. The number of likely N-dealkylation sites (tertiary alicyclic amines) is 1. The molecule has 8 nitrogen and oxygen atoms in total. The number of carbonyl (C=O) groups excluding carboxylic acids is 3. The fraction of sp³-hybridized carbons (Fsp3) is 0.750. The number of primary amides is 1. The molecule has 2 fully saturated rings. The molecule has 0 aromatic carbocycles. The number of nitrogens with zero attached hydrogens (tertiary/aromatic N) is 1. The molecule has 0 aliphatic carbocycles. The van der Waals surface area contributed by atoms with Crippen molar-refractivity contribution in [2.24, 2.45) is 11.7 Å². The molecule has 0 radical (unpaired) electrons. The Morgan fingerprint density at radius 3 is 2.90 bits per heavy atom. The molecule has 2 heterocycles. The number of amides is 4. The third-order valence-corrected chi connectivity index (χ3v) is 3.71. The van der Waals surface area contributed by atoms with Gasteiger partial charge < -0.3 is 21.3 Å². The van der Waals surface area contributed by atoms with E-state index in [-0.39, 0.29) is 30.3 Å². The highest BCUT2D eigenvalue weighted by molar-refractivity contribution is 5.86. The Kier molecular flexibility index (Phi) is 4.78. The van der Waals surface area contributed by atoms with Crippen molar-refractivity contribution in [1.29, 1.82) is 0 Å². The van der Waals surface area contributed by atoms with Crippen LogP contribution in [-0.4, -0.2) is 61.5 Å². The molecule has 2 unspecified atom stereocenters. The molecule has 0 saturated carbocycles. The Morgan fingerprint density at radius 1 is 1.45 bits per heavy atom. The summed E-state index contributed by atoms with van der Waals surface area (Å²) in [5, 5.41) is 8.21. The molecule has 0 aromatic heterocycles. The highest BCUT2D eigenvalue weighted by Gasteiger charge is 2.31. The lowest BCUT2D eigenvalue weighted by Crippen LogP contribution is -2.60. The predicted molar refractivity (Wildman–Crippen MR) is 71.7 cm³/mol. The molecule has 0 spiro atoms. The van der Waals surface area contributed by atoms with Gasteiger partial charge in [0.15, 0.2) is 0 Å². The van der Waals surface area contributed by atoms with Gasteiger partial charge in [0.2, 0.25) is 11.8 Å². The SMILES string of the molecule is NC(=O)NCC1CCCN(C(=O)C2CNC(=O)CN2)C1. The van der Waals surface area contributed by atoms with Crippen LogP contribution in [0.1, 0.15) is 12.8 Å². The standard InChI is InChI=1S/C12H21N5O3/c13-12(20)16-4-8-2-1-3-17(7-8)11(19)9-5-15-10(18)6-14-9/h8-9,14H,1-7H2,(H,15,18)(H3,13,16,20). The highest BCUT2D eigenvalue weighted by Crippen LogP contribution is 2.16. The van der Waals surface area contributed by atoms with Gasteiger partial charge in [-0.1, -0.05) is 0 Å². The second-order valence-corrected chi connectivity index (χ2v) is 5.28. The van der Waals surface area contributed by atoms with Crippen molar-refractivity contribution in [2.45, 2.75) is 18.9 Å². The van der Waals surface area contributed by atoms with Gasteiger partial charge in [0.1, 0.15) is 6.04 Å². The zero-order valence-corrected chi connectivity index (χ0v) is 11.4. The Bertz CT molecular complexity index is 391. The van der Waals surface area contributed by atoms with Crippen molar-refractivity contribution in [2.75, 3.05) is 32.7 Å². The summed E-state index contributed by atoms with van der Waals surface area (Å²) < 4.78 is 0. The highest BCUT2D eigenvalue weighted by atomic mass is 16.2. The maximum absolute atomic E-state index is 12.3. The number of hydrogen-bond donors (Lipinski definition) is 4. The van der Waals surface area contributed by atoms with Gasteiger partial charge in [0.05, 0.1) is 6.54 Å². The van der Waals surface area contributed by atoms with Gasteiger partial charge in [-0.3, -0.25) is 14.9 Å². The summed E-state index contributed by atoms with van der Waals surface area (Å²) in [7, 11) is 0. The zero-order valence-electron chi connectivity index (χ0n) is 11.4. The van der Waals surface area contributed by atoms with Gasteiger partial charge in [0.25, 0.3) is 0 Å². The van der Waals surface area contributed by atoms with E-state index in [1.54, 1.807) is 4.90 Å². The fourth-order valence-electron chi connectivity index (χ4n) is 2.64. The topological polar surface area (TPSA) is 117 Å². The van der Waals surface area contributed by atoms with Crippen molar-refractivity contribution >= 4 is 17.8 Å². The average molecular weight is 283 g/mol. The molecule has 2 atom stereocenters. The lowest BCUT2D eigenvalue weighted by Gasteiger charge is -2.36. The summed E-state index contributed by atoms with van der Waals surface area (Å²) in [6, 6.07) is -0.888. The number of piperazine rings is 1. The van der Waals surface area contributed by atoms with Crippen molar-refractivity contribution in [3.05, 3.63) is 0 Å². The van der Waals surface area contributed by atoms with Crippen LogP contribution in [0, 0.1) is 5.92 Å². The van der Waals surface area contributed by atoms with Gasteiger partial charge in [-0.15, -0.1) is 0 Å². The van der Waals surface area contributed by atoms with E-state index >= 15 is 0 Å². The van der Waals surface area contributed by atoms with E-state index in [2.05, 4.69) is 16.0 Å². The van der Waals surface area contributed by atoms with Crippen LogP contribution in [0.15, 0.2) is 0 Å². The third-order valence-electron chi connectivity index (χ3n) is 3.71. The molecule has 0 bridgehead atoms. The molecule has 2 saturated heterocycles. The van der Waals surface area contributed by atoms with E-state index in [0.29, 0.717) is 19.6 Å². The maximum Gasteiger partial charge on any atom is 0.312 e. The van der Waals surface area contributed by atoms with Gasteiger partial charge in [-0.05, 0) is 18.8 Å². The Labute approximate surface area is 117 Å². The van der Waals surface area contributed by atoms with Crippen LogP contribution < -0.4 is 21.7 Å². The lowest BCUT2D eigenvalue weighted by molar-refractivity contribution is -0.136. The van der Waals surface area contributed by atoms with E-state index < -0.39 is 6.03 Å². The Morgan fingerprint density at radius 2 is 2.25 bits per heavy atom. The number of urea groups is 1. The number of nitrogens with two attached hydrogens (primary N) is 1. The van der Waals surface area contributed by atoms with Crippen LogP contribution in [0.3, 0.4) is 0 Å². The summed E-state index contributed by atoms with van der Waals surface area (Å²) >= 11 is 0. The predicted octanol–water partition coefficient (Wildman–Crippen LogP) is -2.02. The van der Waals surface area contributed by atoms with Gasteiger partial charge in [-0.2, -0.15) is 0 Å². The largest absolute Gasteiger partial charge is 0.353 e. The molecule has 2 aliphatic rings. The van der Waals surface area contributed by atoms with Crippen LogP contribution >= 0.6 is 0 Å². The Hall–Kier alpha value is -1.83. The monoisotopic (exact) mass is 283 g/mol. The van der Waals surface area contributed by atoms with E-state index in [1.807, 2.05) is 0 Å². The van der Waals surface area contributed by atoms with E-state index in [1.165, 1.54) is 0 Å². The van der Waals surface area contributed by atoms with Crippen LogP contribution in [0.4, 0.5) is 4.79 Å². The molecular weight excluding hydrogens is 262 g/mol.